The zero-order valence-corrected chi connectivity index (χ0v) is 12.5. The van der Waals surface area contributed by atoms with E-state index in [4.69, 9.17) is 10.00 Å². The van der Waals surface area contributed by atoms with Crippen LogP contribution in [0.5, 0.6) is 0 Å². The van der Waals surface area contributed by atoms with E-state index in [1.807, 2.05) is 6.07 Å². The van der Waals surface area contributed by atoms with Gasteiger partial charge in [0.15, 0.2) is 5.65 Å². The van der Waals surface area contributed by atoms with Gasteiger partial charge in [0, 0.05) is 26.5 Å². The highest BCUT2D eigenvalue weighted by atomic mass is 16.5. The van der Waals surface area contributed by atoms with Crippen molar-refractivity contribution in [3.63, 3.8) is 0 Å². The molecule has 7 nitrogen and oxygen atoms in total. The molecule has 3 rings (SSSR count). The van der Waals surface area contributed by atoms with Crippen molar-refractivity contribution in [2.45, 2.75) is 13.0 Å². The second-order valence-corrected chi connectivity index (χ2v) is 5.06. The molecule has 23 heavy (non-hydrogen) atoms. The number of methoxy groups -OCH3 is 1. The van der Waals surface area contributed by atoms with Crippen molar-refractivity contribution in [2.75, 3.05) is 13.7 Å². The number of rotatable bonds is 4. The first-order chi connectivity index (χ1) is 11.2. The van der Waals surface area contributed by atoms with E-state index in [1.165, 1.54) is 15.0 Å². The van der Waals surface area contributed by atoms with Crippen LogP contribution >= 0.6 is 0 Å². The SMILES string of the molecule is COCCCn1c(=O)c(C#N)cc2c(=O)n3ccccc3nc21. The summed E-state index contributed by atoms with van der Waals surface area (Å²) >= 11 is 0. The van der Waals surface area contributed by atoms with Crippen molar-refractivity contribution < 1.29 is 4.74 Å². The second kappa shape index (κ2) is 6.02. The van der Waals surface area contributed by atoms with Crippen molar-refractivity contribution in [1.29, 1.82) is 5.26 Å². The Morgan fingerprint density at radius 1 is 1.30 bits per heavy atom. The van der Waals surface area contributed by atoms with Crippen LogP contribution in [0.3, 0.4) is 0 Å². The third-order valence-electron chi connectivity index (χ3n) is 3.62. The maximum absolute atomic E-state index is 12.6. The van der Waals surface area contributed by atoms with Crippen LogP contribution in [-0.4, -0.2) is 27.7 Å². The van der Waals surface area contributed by atoms with Crippen LogP contribution in [-0.2, 0) is 11.3 Å². The normalized spacial score (nSPS) is 11.0. The van der Waals surface area contributed by atoms with Gasteiger partial charge in [0.25, 0.3) is 11.1 Å². The van der Waals surface area contributed by atoms with Crippen molar-refractivity contribution >= 4 is 16.7 Å². The van der Waals surface area contributed by atoms with E-state index in [-0.39, 0.29) is 16.5 Å². The molecule has 0 amide bonds. The number of fused-ring (bicyclic) bond motifs is 2. The standard InChI is InChI=1S/C16H14N4O3/c1-23-8-4-7-20-14-12(9-11(10-17)15(20)21)16(22)19-6-3-2-5-13(19)18-14/h2-3,5-6,9H,4,7-8H2,1H3. The minimum Gasteiger partial charge on any atom is -0.385 e. The van der Waals surface area contributed by atoms with E-state index in [9.17, 15) is 9.59 Å². The van der Waals surface area contributed by atoms with Gasteiger partial charge >= 0.3 is 0 Å². The lowest BCUT2D eigenvalue weighted by Crippen LogP contribution is -2.27. The summed E-state index contributed by atoms with van der Waals surface area (Å²) in [5.41, 5.74) is -0.0634. The monoisotopic (exact) mass is 310 g/mol. The lowest BCUT2D eigenvalue weighted by atomic mass is 10.2. The Hall–Kier alpha value is -2.98. The summed E-state index contributed by atoms with van der Waals surface area (Å²) in [5.74, 6) is 0. The Morgan fingerprint density at radius 2 is 2.13 bits per heavy atom. The van der Waals surface area contributed by atoms with Gasteiger partial charge in [-0.2, -0.15) is 5.26 Å². The minimum atomic E-state index is -0.441. The first-order valence-corrected chi connectivity index (χ1v) is 7.11. The molecule has 0 atom stereocenters. The fourth-order valence-corrected chi connectivity index (χ4v) is 2.53. The number of pyridine rings is 2. The van der Waals surface area contributed by atoms with Crippen molar-refractivity contribution in [3.8, 4) is 6.07 Å². The molecule has 0 spiro atoms. The number of aromatic nitrogens is 3. The van der Waals surface area contributed by atoms with Gasteiger partial charge in [-0.3, -0.25) is 18.6 Å². The Balaban J connectivity index is 2.39. The highest BCUT2D eigenvalue weighted by Crippen LogP contribution is 2.10. The number of nitriles is 1. The zero-order valence-electron chi connectivity index (χ0n) is 12.5. The maximum Gasteiger partial charge on any atom is 0.270 e. The highest BCUT2D eigenvalue weighted by molar-refractivity contribution is 5.77. The van der Waals surface area contributed by atoms with Crippen molar-refractivity contribution in [2.24, 2.45) is 0 Å². The van der Waals surface area contributed by atoms with Crippen LogP contribution in [0.4, 0.5) is 0 Å². The van der Waals surface area contributed by atoms with Crippen LogP contribution in [0, 0.1) is 11.3 Å². The molecule has 116 valence electrons. The largest absolute Gasteiger partial charge is 0.385 e. The number of ether oxygens (including phenoxy) is 1. The summed E-state index contributed by atoms with van der Waals surface area (Å²) in [6.07, 6.45) is 2.19. The molecule has 7 heteroatoms. The fraction of sp³-hybridized carbons (Fsp3) is 0.250. The van der Waals surface area contributed by atoms with Crippen LogP contribution in [0.15, 0.2) is 40.1 Å². The molecule has 0 aliphatic heterocycles. The number of nitrogens with zero attached hydrogens (tertiary/aromatic N) is 4. The highest BCUT2D eigenvalue weighted by Gasteiger charge is 2.14. The molecule has 0 radical (unpaired) electrons. The van der Waals surface area contributed by atoms with Gasteiger partial charge in [-0.05, 0) is 24.6 Å². The van der Waals surface area contributed by atoms with Gasteiger partial charge in [0.05, 0.1) is 5.39 Å². The molecule has 0 N–H and O–H groups in total. The van der Waals surface area contributed by atoms with E-state index in [0.717, 1.165) is 0 Å². The van der Waals surface area contributed by atoms with Gasteiger partial charge in [0.2, 0.25) is 0 Å². The molecule has 0 saturated heterocycles. The van der Waals surface area contributed by atoms with E-state index in [0.29, 0.717) is 30.9 Å². The molecule has 0 aromatic carbocycles. The number of hydrogen-bond donors (Lipinski definition) is 0. The predicted octanol–water partition coefficient (Wildman–Crippen LogP) is 0.918. The Bertz CT molecular complexity index is 1040. The Morgan fingerprint density at radius 3 is 2.87 bits per heavy atom. The van der Waals surface area contributed by atoms with Gasteiger partial charge < -0.3 is 4.74 Å². The molecule has 0 aliphatic carbocycles. The van der Waals surface area contributed by atoms with Crippen LogP contribution in [0.25, 0.3) is 16.7 Å². The van der Waals surface area contributed by atoms with E-state index in [1.54, 1.807) is 31.5 Å². The molecule has 0 unspecified atom stereocenters. The average Bonchev–Trinajstić information content (AvgIpc) is 2.57. The van der Waals surface area contributed by atoms with E-state index < -0.39 is 5.56 Å². The minimum absolute atomic E-state index is 0.0651. The number of hydrogen-bond acceptors (Lipinski definition) is 5. The summed E-state index contributed by atoms with van der Waals surface area (Å²) < 4.78 is 7.77. The smallest absolute Gasteiger partial charge is 0.270 e. The molecular weight excluding hydrogens is 296 g/mol. The summed E-state index contributed by atoms with van der Waals surface area (Å²) in [6, 6.07) is 8.36. The average molecular weight is 310 g/mol. The lowest BCUT2D eigenvalue weighted by molar-refractivity contribution is 0.190. The third-order valence-corrected chi connectivity index (χ3v) is 3.62. The topological polar surface area (TPSA) is 89.4 Å². The quantitative estimate of drug-likeness (QED) is 0.528. The van der Waals surface area contributed by atoms with Gasteiger partial charge in [-0.25, -0.2) is 4.98 Å². The van der Waals surface area contributed by atoms with Crippen molar-refractivity contribution in [3.05, 3.63) is 56.7 Å². The number of aryl methyl sites for hydroxylation is 1. The van der Waals surface area contributed by atoms with Gasteiger partial charge in [0.1, 0.15) is 17.3 Å². The van der Waals surface area contributed by atoms with Crippen LogP contribution in [0.1, 0.15) is 12.0 Å². The molecule has 3 aromatic rings. The van der Waals surface area contributed by atoms with E-state index >= 15 is 0 Å². The zero-order chi connectivity index (χ0) is 16.4. The second-order valence-electron chi connectivity index (χ2n) is 5.06. The molecule has 0 bridgehead atoms. The predicted molar refractivity (Wildman–Crippen MR) is 84.4 cm³/mol. The Kier molecular flexibility index (Phi) is 3.91. The molecule has 3 aromatic heterocycles. The summed E-state index contributed by atoms with van der Waals surface area (Å²) in [4.78, 5) is 29.5. The van der Waals surface area contributed by atoms with Crippen molar-refractivity contribution in [1.82, 2.24) is 14.0 Å². The van der Waals surface area contributed by atoms with Gasteiger partial charge in [-0.1, -0.05) is 6.07 Å². The molecule has 3 heterocycles. The first kappa shape index (κ1) is 14.9. The van der Waals surface area contributed by atoms with Gasteiger partial charge in [-0.15, -0.1) is 0 Å². The summed E-state index contributed by atoms with van der Waals surface area (Å²) in [7, 11) is 1.57. The molecule has 0 saturated carbocycles. The third kappa shape index (κ3) is 2.49. The summed E-state index contributed by atoms with van der Waals surface area (Å²) in [6.45, 7) is 0.797. The molecule has 0 fully saturated rings. The maximum atomic E-state index is 12.6. The van der Waals surface area contributed by atoms with Crippen LogP contribution < -0.4 is 11.1 Å². The fourth-order valence-electron chi connectivity index (χ4n) is 2.53. The molecular formula is C16H14N4O3. The Labute approximate surface area is 131 Å². The molecule has 0 aliphatic rings. The lowest BCUT2D eigenvalue weighted by Gasteiger charge is -2.11. The summed E-state index contributed by atoms with van der Waals surface area (Å²) in [5, 5.41) is 9.41. The van der Waals surface area contributed by atoms with E-state index in [2.05, 4.69) is 4.98 Å². The van der Waals surface area contributed by atoms with Crippen LogP contribution in [0.2, 0.25) is 0 Å². The first-order valence-electron chi connectivity index (χ1n) is 7.11.